The second-order valence-electron chi connectivity index (χ2n) is 5.42. The number of nitrogens with two attached hydrogens (primary N) is 1. The second kappa shape index (κ2) is 6.24. The Balaban J connectivity index is 2.38. The molecule has 3 N–H and O–H groups in total. The van der Waals surface area contributed by atoms with E-state index in [1.54, 1.807) is 0 Å². The maximum Gasteiger partial charge on any atom is 0.237 e. The summed E-state index contributed by atoms with van der Waals surface area (Å²) in [4.78, 5) is 11.8. The lowest BCUT2D eigenvalue weighted by atomic mass is 9.84. The minimum absolute atomic E-state index is 0.0248. The summed E-state index contributed by atoms with van der Waals surface area (Å²) in [5.74, 6) is 1.02. The van der Waals surface area contributed by atoms with Crippen LogP contribution in [0, 0.1) is 11.8 Å². The van der Waals surface area contributed by atoms with Crippen LogP contribution in [0.2, 0.25) is 0 Å². The third-order valence-electron chi connectivity index (χ3n) is 3.73. The van der Waals surface area contributed by atoms with Crippen LogP contribution in [0.5, 0.6) is 0 Å². The summed E-state index contributed by atoms with van der Waals surface area (Å²) in [6.45, 7) is 6.20. The van der Waals surface area contributed by atoms with Crippen molar-refractivity contribution in [1.29, 1.82) is 0 Å². The van der Waals surface area contributed by atoms with Gasteiger partial charge in [-0.1, -0.05) is 40.0 Å². The van der Waals surface area contributed by atoms with Gasteiger partial charge in [0, 0.05) is 6.04 Å². The van der Waals surface area contributed by atoms with Gasteiger partial charge in [0.1, 0.15) is 0 Å². The highest BCUT2D eigenvalue weighted by atomic mass is 16.2. The van der Waals surface area contributed by atoms with Gasteiger partial charge in [-0.15, -0.1) is 0 Å². The summed E-state index contributed by atoms with van der Waals surface area (Å²) in [5, 5.41) is 3.10. The number of hydrogen-bond acceptors (Lipinski definition) is 2. The average Bonchev–Trinajstić information content (AvgIpc) is 2.28. The zero-order valence-corrected chi connectivity index (χ0v) is 10.8. The standard InChI is InChI=1S/C13H26N2O/c1-4-10-6-5-7-11(8-10)15-13(16)12(14)9(2)3/h9-12H,4-8,14H2,1-3H3,(H,15,16). The number of rotatable bonds is 4. The summed E-state index contributed by atoms with van der Waals surface area (Å²) >= 11 is 0. The van der Waals surface area contributed by atoms with Crippen molar-refractivity contribution in [2.24, 2.45) is 17.6 Å². The molecule has 0 bridgehead atoms. The largest absolute Gasteiger partial charge is 0.352 e. The van der Waals surface area contributed by atoms with Crippen molar-refractivity contribution in [3.8, 4) is 0 Å². The van der Waals surface area contributed by atoms with Gasteiger partial charge in [0.15, 0.2) is 0 Å². The fraction of sp³-hybridized carbons (Fsp3) is 0.923. The molecule has 0 radical (unpaired) electrons. The molecule has 1 saturated carbocycles. The maximum atomic E-state index is 11.8. The maximum absolute atomic E-state index is 11.8. The Kier molecular flexibility index (Phi) is 5.26. The summed E-state index contributed by atoms with van der Waals surface area (Å²) in [5.41, 5.74) is 5.83. The minimum Gasteiger partial charge on any atom is -0.352 e. The number of carbonyl (C=O) groups is 1. The predicted octanol–water partition coefficient (Wildman–Crippen LogP) is 2.05. The van der Waals surface area contributed by atoms with E-state index in [1.165, 1.54) is 19.3 Å². The Bertz CT molecular complexity index is 228. The molecule has 1 fully saturated rings. The zero-order chi connectivity index (χ0) is 12.1. The summed E-state index contributed by atoms with van der Waals surface area (Å²) in [7, 11) is 0. The van der Waals surface area contributed by atoms with Crippen LogP contribution in [0.1, 0.15) is 52.9 Å². The van der Waals surface area contributed by atoms with Crippen molar-refractivity contribution in [1.82, 2.24) is 5.32 Å². The van der Waals surface area contributed by atoms with Crippen LogP contribution < -0.4 is 11.1 Å². The zero-order valence-electron chi connectivity index (χ0n) is 10.8. The molecule has 3 unspecified atom stereocenters. The van der Waals surface area contributed by atoms with Crippen LogP contribution in [0.3, 0.4) is 0 Å². The second-order valence-corrected chi connectivity index (χ2v) is 5.42. The van der Waals surface area contributed by atoms with Crippen LogP contribution in [0.25, 0.3) is 0 Å². The molecule has 3 atom stereocenters. The van der Waals surface area contributed by atoms with E-state index in [1.807, 2.05) is 13.8 Å². The smallest absolute Gasteiger partial charge is 0.237 e. The molecule has 0 saturated heterocycles. The van der Waals surface area contributed by atoms with Crippen molar-refractivity contribution in [2.75, 3.05) is 0 Å². The molecule has 16 heavy (non-hydrogen) atoms. The van der Waals surface area contributed by atoms with Crippen molar-refractivity contribution >= 4 is 5.91 Å². The van der Waals surface area contributed by atoms with Crippen molar-refractivity contribution in [3.63, 3.8) is 0 Å². The average molecular weight is 226 g/mol. The summed E-state index contributed by atoms with van der Waals surface area (Å²) in [6.07, 6.45) is 6.03. The third kappa shape index (κ3) is 3.78. The lowest BCUT2D eigenvalue weighted by Gasteiger charge is -2.30. The van der Waals surface area contributed by atoms with Gasteiger partial charge in [0.25, 0.3) is 0 Å². The topological polar surface area (TPSA) is 55.1 Å². The van der Waals surface area contributed by atoms with Gasteiger partial charge in [0.2, 0.25) is 5.91 Å². The molecule has 0 heterocycles. The van der Waals surface area contributed by atoms with Crippen molar-refractivity contribution < 1.29 is 4.79 Å². The van der Waals surface area contributed by atoms with E-state index < -0.39 is 0 Å². The van der Waals surface area contributed by atoms with Gasteiger partial charge in [-0.3, -0.25) is 4.79 Å². The molecular weight excluding hydrogens is 200 g/mol. The fourth-order valence-corrected chi connectivity index (χ4v) is 2.39. The van der Waals surface area contributed by atoms with E-state index in [9.17, 15) is 4.79 Å². The number of carbonyl (C=O) groups excluding carboxylic acids is 1. The molecular formula is C13H26N2O. The van der Waals surface area contributed by atoms with E-state index >= 15 is 0 Å². The number of nitrogens with one attached hydrogen (secondary N) is 1. The van der Waals surface area contributed by atoms with Crippen LogP contribution in [0.4, 0.5) is 0 Å². The Morgan fingerprint density at radius 2 is 2.12 bits per heavy atom. The molecule has 0 aliphatic heterocycles. The monoisotopic (exact) mass is 226 g/mol. The molecule has 0 spiro atoms. The lowest BCUT2D eigenvalue weighted by Crippen LogP contribution is -2.48. The minimum atomic E-state index is -0.359. The molecule has 1 rings (SSSR count). The lowest BCUT2D eigenvalue weighted by molar-refractivity contribution is -0.124. The molecule has 1 aliphatic rings. The van der Waals surface area contributed by atoms with E-state index in [-0.39, 0.29) is 17.9 Å². The van der Waals surface area contributed by atoms with Crippen molar-refractivity contribution in [2.45, 2.75) is 65.0 Å². The first-order valence-electron chi connectivity index (χ1n) is 6.60. The number of hydrogen-bond donors (Lipinski definition) is 2. The highest BCUT2D eigenvalue weighted by molar-refractivity contribution is 5.82. The Hall–Kier alpha value is -0.570. The Morgan fingerprint density at radius 1 is 1.44 bits per heavy atom. The highest BCUT2D eigenvalue weighted by Gasteiger charge is 2.25. The Morgan fingerprint density at radius 3 is 2.69 bits per heavy atom. The summed E-state index contributed by atoms with van der Waals surface area (Å²) < 4.78 is 0. The first kappa shape index (κ1) is 13.5. The van der Waals surface area contributed by atoms with Gasteiger partial charge in [-0.2, -0.15) is 0 Å². The van der Waals surface area contributed by atoms with Gasteiger partial charge in [-0.05, 0) is 24.7 Å². The first-order valence-corrected chi connectivity index (χ1v) is 6.60. The SMILES string of the molecule is CCC1CCCC(NC(=O)C(N)C(C)C)C1. The van der Waals surface area contributed by atoms with Gasteiger partial charge >= 0.3 is 0 Å². The number of amides is 1. The van der Waals surface area contributed by atoms with Crippen LogP contribution in [-0.4, -0.2) is 18.0 Å². The van der Waals surface area contributed by atoms with Crippen molar-refractivity contribution in [3.05, 3.63) is 0 Å². The normalized spacial score (nSPS) is 27.8. The van der Waals surface area contributed by atoms with Crippen LogP contribution >= 0.6 is 0 Å². The van der Waals surface area contributed by atoms with Gasteiger partial charge < -0.3 is 11.1 Å². The van der Waals surface area contributed by atoms with Gasteiger partial charge in [0.05, 0.1) is 6.04 Å². The quantitative estimate of drug-likeness (QED) is 0.771. The molecule has 0 aromatic heterocycles. The molecule has 0 aromatic rings. The van der Waals surface area contributed by atoms with Crippen LogP contribution in [-0.2, 0) is 4.79 Å². The van der Waals surface area contributed by atoms with E-state index in [0.29, 0.717) is 6.04 Å². The molecule has 94 valence electrons. The first-order chi connectivity index (χ1) is 7.54. The van der Waals surface area contributed by atoms with E-state index in [2.05, 4.69) is 12.2 Å². The van der Waals surface area contributed by atoms with E-state index in [0.717, 1.165) is 18.8 Å². The fourth-order valence-electron chi connectivity index (χ4n) is 2.39. The highest BCUT2D eigenvalue weighted by Crippen LogP contribution is 2.26. The predicted molar refractivity (Wildman–Crippen MR) is 67.0 cm³/mol. The molecule has 3 heteroatoms. The van der Waals surface area contributed by atoms with Gasteiger partial charge in [-0.25, -0.2) is 0 Å². The molecule has 0 aromatic carbocycles. The Labute approximate surface area is 99.2 Å². The molecule has 3 nitrogen and oxygen atoms in total. The van der Waals surface area contributed by atoms with Crippen LogP contribution in [0.15, 0.2) is 0 Å². The molecule has 1 aliphatic carbocycles. The molecule has 1 amide bonds. The summed E-state index contributed by atoms with van der Waals surface area (Å²) in [6, 6.07) is -0.00185. The van der Waals surface area contributed by atoms with E-state index in [4.69, 9.17) is 5.73 Å². The third-order valence-corrected chi connectivity index (χ3v) is 3.73.